The number of benzene rings is 1. The van der Waals surface area contributed by atoms with Crippen molar-refractivity contribution >= 4 is 17.7 Å². The molecule has 1 fully saturated rings. The van der Waals surface area contributed by atoms with Crippen molar-refractivity contribution in [2.45, 2.75) is 47.0 Å². The Morgan fingerprint density at radius 3 is 2.69 bits per heavy atom. The molecule has 1 aliphatic heterocycles. The third-order valence-corrected chi connectivity index (χ3v) is 5.87. The fourth-order valence-corrected chi connectivity index (χ4v) is 4.12. The Morgan fingerprint density at radius 1 is 1.31 bits per heavy atom. The highest BCUT2D eigenvalue weighted by atomic mass is 16.3. The minimum atomic E-state index is -0.234. The number of aliphatic imine (C=N–C) groups is 1. The predicted molar refractivity (Wildman–Crippen MR) is 135 cm³/mol. The molecule has 0 bridgehead atoms. The molecule has 1 saturated heterocycles. The predicted octanol–water partition coefficient (Wildman–Crippen LogP) is 3.86. The SMILES string of the molecule is C/C=C\C(=C/C)CC1(CO)CCCN(C(=C/N)/N=C(\N)c2ccc(N/N=C/C)c(C)c2)C1. The number of nitrogens with two attached hydrogens (primary N) is 2. The lowest BCUT2D eigenvalue weighted by atomic mass is 9.75. The lowest BCUT2D eigenvalue weighted by Crippen LogP contribution is -2.45. The van der Waals surface area contributed by atoms with Gasteiger partial charge in [-0.2, -0.15) is 5.10 Å². The highest BCUT2D eigenvalue weighted by molar-refractivity contribution is 5.98. The van der Waals surface area contributed by atoms with Gasteiger partial charge in [0.1, 0.15) is 11.7 Å². The van der Waals surface area contributed by atoms with Crippen molar-refractivity contribution in [2.24, 2.45) is 27.0 Å². The van der Waals surface area contributed by atoms with Crippen molar-refractivity contribution in [3.8, 4) is 0 Å². The lowest BCUT2D eigenvalue weighted by Gasteiger charge is -2.43. The molecule has 1 aliphatic rings. The number of aliphatic hydroxyl groups excluding tert-OH is 1. The number of aliphatic hydroxyl groups is 1. The first kappa shape index (κ1) is 25.2. The van der Waals surface area contributed by atoms with Gasteiger partial charge in [0.25, 0.3) is 0 Å². The molecule has 6 N–H and O–H groups in total. The highest BCUT2D eigenvalue weighted by Crippen LogP contribution is 2.37. The molecular weight excluding hydrogens is 400 g/mol. The number of rotatable bonds is 9. The van der Waals surface area contributed by atoms with Gasteiger partial charge in [-0.1, -0.05) is 23.8 Å². The zero-order valence-electron chi connectivity index (χ0n) is 19.8. The van der Waals surface area contributed by atoms with Crippen LogP contribution in [0.2, 0.25) is 0 Å². The summed E-state index contributed by atoms with van der Waals surface area (Å²) in [7, 11) is 0. The summed E-state index contributed by atoms with van der Waals surface area (Å²) in [6.45, 7) is 9.51. The average Bonchev–Trinajstić information content (AvgIpc) is 2.81. The quantitative estimate of drug-likeness (QED) is 0.202. The van der Waals surface area contributed by atoms with E-state index in [4.69, 9.17) is 11.5 Å². The van der Waals surface area contributed by atoms with Crippen LogP contribution in [0.3, 0.4) is 0 Å². The van der Waals surface area contributed by atoms with E-state index < -0.39 is 0 Å². The molecule has 2 rings (SSSR count). The molecule has 0 amide bonds. The average molecular weight is 439 g/mol. The molecule has 1 unspecified atom stereocenters. The Bertz CT molecular complexity index is 915. The number of nitrogens with one attached hydrogen (secondary N) is 1. The fourth-order valence-electron chi connectivity index (χ4n) is 4.12. The van der Waals surface area contributed by atoms with Gasteiger partial charge in [-0.05, 0) is 70.7 Å². The summed E-state index contributed by atoms with van der Waals surface area (Å²) in [6, 6.07) is 5.82. The van der Waals surface area contributed by atoms with Crippen LogP contribution in [0.25, 0.3) is 0 Å². The van der Waals surface area contributed by atoms with Gasteiger partial charge in [-0.15, -0.1) is 0 Å². The van der Waals surface area contributed by atoms with Crippen LogP contribution < -0.4 is 16.9 Å². The van der Waals surface area contributed by atoms with E-state index in [1.807, 2.05) is 52.0 Å². The third kappa shape index (κ3) is 6.47. The number of hydrogen-bond donors (Lipinski definition) is 4. The third-order valence-electron chi connectivity index (χ3n) is 5.87. The number of nitrogens with zero attached hydrogens (tertiary/aromatic N) is 3. The maximum atomic E-state index is 10.3. The van der Waals surface area contributed by atoms with Crippen molar-refractivity contribution in [3.05, 3.63) is 65.1 Å². The highest BCUT2D eigenvalue weighted by Gasteiger charge is 2.36. The number of likely N-dealkylation sites (tertiary alicyclic amines) is 1. The van der Waals surface area contributed by atoms with Gasteiger partial charge >= 0.3 is 0 Å². The maximum Gasteiger partial charge on any atom is 0.146 e. The van der Waals surface area contributed by atoms with Gasteiger partial charge < -0.3 is 21.5 Å². The summed E-state index contributed by atoms with van der Waals surface area (Å²) in [4.78, 5) is 6.79. The Morgan fingerprint density at radius 2 is 2.09 bits per heavy atom. The molecular formula is C25H38N6O. The molecule has 0 radical (unpaired) electrons. The summed E-state index contributed by atoms with van der Waals surface area (Å²) in [5.74, 6) is 1.03. The van der Waals surface area contributed by atoms with E-state index in [0.29, 0.717) is 18.2 Å². The summed E-state index contributed by atoms with van der Waals surface area (Å²) >= 11 is 0. The Balaban J connectivity index is 2.23. The number of amidine groups is 1. The van der Waals surface area contributed by atoms with E-state index in [0.717, 1.165) is 42.6 Å². The van der Waals surface area contributed by atoms with Crippen molar-refractivity contribution < 1.29 is 5.11 Å². The zero-order valence-corrected chi connectivity index (χ0v) is 19.8. The van der Waals surface area contributed by atoms with E-state index in [1.165, 1.54) is 11.8 Å². The summed E-state index contributed by atoms with van der Waals surface area (Å²) < 4.78 is 0. The van der Waals surface area contributed by atoms with Crippen LogP contribution in [0.1, 0.15) is 51.2 Å². The Kier molecular flexibility index (Phi) is 9.53. The summed E-state index contributed by atoms with van der Waals surface area (Å²) in [6.07, 6.45) is 12.2. The van der Waals surface area contributed by atoms with Gasteiger partial charge in [0.05, 0.1) is 12.3 Å². The standard InChI is InChI=1S/C25H38N6O/c1-5-9-20(6-2)15-25(18-32)12-8-13-31(17-25)23(16-26)29-24(27)21-10-11-22(19(4)14-21)30-28-7-3/h5-7,9-11,14,16,30,32H,8,12-13,15,17-18,26H2,1-4H3,(H2,27,29)/b9-5-,20-6+,23-16+,28-7+. The molecule has 7 heteroatoms. The van der Waals surface area contributed by atoms with E-state index in [-0.39, 0.29) is 12.0 Å². The van der Waals surface area contributed by atoms with Crippen LogP contribution in [-0.2, 0) is 0 Å². The zero-order chi connectivity index (χ0) is 23.6. The van der Waals surface area contributed by atoms with Crippen LogP contribution in [0, 0.1) is 12.3 Å². The number of hydrazone groups is 1. The monoisotopic (exact) mass is 438 g/mol. The van der Waals surface area contributed by atoms with Gasteiger partial charge in [0.2, 0.25) is 0 Å². The summed E-state index contributed by atoms with van der Waals surface area (Å²) in [5.41, 5.74) is 19.1. The second kappa shape index (κ2) is 12.1. The molecule has 1 aromatic carbocycles. The molecule has 0 aromatic heterocycles. The molecule has 1 aromatic rings. The fraction of sp³-hybridized carbons (Fsp3) is 0.440. The van der Waals surface area contributed by atoms with Crippen LogP contribution in [0.5, 0.6) is 0 Å². The minimum absolute atomic E-state index is 0.114. The molecule has 32 heavy (non-hydrogen) atoms. The van der Waals surface area contributed by atoms with E-state index in [1.54, 1.807) is 6.21 Å². The van der Waals surface area contributed by atoms with Crippen molar-refractivity contribution in [1.29, 1.82) is 0 Å². The second-order valence-electron chi connectivity index (χ2n) is 8.27. The van der Waals surface area contributed by atoms with Crippen LogP contribution in [-0.4, -0.2) is 41.8 Å². The van der Waals surface area contributed by atoms with Crippen LogP contribution in [0.15, 0.2) is 64.1 Å². The van der Waals surface area contributed by atoms with Gasteiger partial charge in [0.15, 0.2) is 0 Å². The van der Waals surface area contributed by atoms with Crippen molar-refractivity contribution in [2.75, 3.05) is 25.1 Å². The molecule has 0 spiro atoms. The summed E-state index contributed by atoms with van der Waals surface area (Å²) in [5, 5.41) is 14.4. The first-order chi connectivity index (χ1) is 15.4. The number of aryl methyl sites for hydroxylation is 1. The van der Waals surface area contributed by atoms with Crippen LogP contribution in [0.4, 0.5) is 5.69 Å². The molecule has 174 valence electrons. The first-order valence-corrected chi connectivity index (χ1v) is 11.2. The molecule has 1 heterocycles. The van der Waals surface area contributed by atoms with Crippen molar-refractivity contribution in [1.82, 2.24) is 4.90 Å². The van der Waals surface area contributed by atoms with Gasteiger partial charge in [0, 0.05) is 36.5 Å². The molecule has 0 aliphatic carbocycles. The smallest absolute Gasteiger partial charge is 0.146 e. The number of hydrogen-bond acceptors (Lipinski definition) is 6. The lowest BCUT2D eigenvalue weighted by molar-refractivity contribution is 0.0471. The number of piperidine rings is 1. The van der Waals surface area contributed by atoms with E-state index >= 15 is 0 Å². The van der Waals surface area contributed by atoms with E-state index in [9.17, 15) is 5.11 Å². The minimum Gasteiger partial charge on any atom is -0.402 e. The molecule has 1 atom stereocenters. The van der Waals surface area contributed by atoms with E-state index in [2.05, 4.69) is 32.6 Å². The van der Waals surface area contributed by atoms with Gasteiger partial charge in [-0.3, -0.25) is 5.43 Å². The second-order valence-corrected chi connectivity index (χ2v) is 8.27. The normalized spacial score (nSPS) is 21.0. The van der Waals surface area contributed by atoms with Gasteiger partial charge in [-0.25, -0.2) is 4.99 Å². The Hall–Kier alpha value is -3.06. The maximum absolute atomic E-state index is 10.3. The van der Waals surface area contributed by atoms with Crippen LogP contribution >= 0.6 is 0 Å². The first-order valence-electron chi connectivity index (χ1n) is 11.2. The number of anilines is 1. The molecule has 0 saturated carbocycles. The topological polar surface area (TPSA) is 112 Å². The molecule has 7 nitrogen and oxygen atoms in total. The Labute approximate surface area is 192 Å². The number of allylic oxidation sites excluding steroid dienone is 4. The van der Waals surface area contributed by atoms with Crippen molar-refractivity contribution in [3.63, 3.8) is 0 Å². The largest absolute Gasteiger partial charge is 0.402 e.